The van der Waals surface area contributed by atoms with Crippen molar-refractivity contribution in [2.75, 3.05) is 40.9 Å². The lowest BCUT2D eigenvalue weighted by molar-refractivity contribution is -0.870. The number of carbonyl (C=O) groups excluding carboxylic acids is 1. The molecule has 0 radical (unpaired) electrons. The summed E-state index contributed by atoms with van der Waals surface area (Å²) in [6.45, 7) is 4.68. The van der Waals surface area contributed by atoms with Crippen molar-refractivity contribution in [3.8, 4) is 0 Å². The fraction of sp³-hybridized carbons (Fsp3) is 0.635. The van der Waals surface area contributed by atoms with Gasteiger partial charge < -0.3 is 19.8 Å². The molecule has 0 fully saturated rings. The molecule has 0 spiro atoms. The third-order valence-electron chi connectivity index (χ3n) is 14.0. The Bertz CT molecular complexity index is 1910. The number of rotatable bonds is 59. The van der Waals surface area contributed by atoms with Crippen molar-refractivity contribution in [2.45, 2.75) is 264 Å². The minimum absolute atomic E-state index is 0.0484. The van der Waals surface area contributed by atoms with Gasteiger partial charge >= 0.3 is 7.82 Å². The molecular formula is C74H126N2O6P+. The van der Waals surface area contributed by atoms with Crippen LogP contribution in [0.3, 0.4) is 0 Å². The summed E-state index contributed by atoms with van der Waals surface area (Å²) < 4.78 is 23.7. The zero-order valence-corrected chi connectivity index (χ0v) is 54.8. The number of carbonyl (C=O) groups is 1. The van der Waals surface area contributed by atoms with Crippen LogP contribution in [0.25, 0.3) is 0 Å². The number of quaternary nitrogens is 1. The van der Waals surface area contributed by atoms with Crippen molar-refractivity contribution >= 4 is 13.7 Å². The van der Waals surface area contributed by atoms with Gasteiger partial charge in [0, 0.05) is 6.42 Å². The van der Waals surface area contributed by atoms with Crippen LogP contribution >= 0.6 is 7.82 Å². The summed E-state index contributed by atoms with van der Waals surface area (Å²) in [4.78, 5) is 23.4. The fourth-order valence-corrected chi connectivity index (χ4v) is 9.58. The highest BCUT2D eigenvalue weighted by molar-refractivity contribution is 7.47. The summed E-state index contributed by atoms with van der Waals surface area (Å²) in [5, 5.41) is 14.0. The number of amides is 1. The molecule has 9 heteroatoms. The summed E-state index contributed by atoms with van der Waals surface area (Å²) >= 11 is 0. The Morgan fingerprint density at radius 1 is 0.422 bits per heavy atom. The minimum Gasteiger partial charge on any atom is -0.387 e. The van der Waals surface area contributed by atoms with Gasteiger partial charge in [-0.1, -0.05) is 294 Å². The van der Waals surface area contributed by atoms with E-state index in [1.165, 1.54) is 103 Å². The number of nitrogens with one attached hydrogen (secondary N) is 1. The number of allylic oxidation sites excluding steroid dienone is 25. The zero-order valence-electron chi connectivity index (χ0n) is 53.9. The van der Waals surface area contributed by atoms with Crippen molar-refractivity contribution in [3.63, 3.8) is 0 Å². The van der Waals surface area contributed by atoms with E-state index in [0.29, 0.717) is 17.4 Å². The highest BCUT2D eigenvalue weighted by Crippen LogP contribution is 2.43. The van der Waals surface area contributed by atoms with E-state index < -0.39 is 20.0 Å². The lowest BCUT2D eigenvalue weighted by Crippen LogP contribution is -2.45. The predicted molar refractivity (Wildman–Crippen MR) is 364 cm³/mol. The standard InChI is InChI=1S/C74H125N2O6P/c1-6-8-10-12-14-16-18-20-22-24-26-28-29-30-31-32-33-34-35-36-37-38-39-40-41-42-43-44-45-46-47-48-50-52-54-56-58-60-62-64-66-68-74(78)75-72(71-82-83(79,80)81-70-69-76(3,4)5)73(77)67-65-63-61-59-57-55-53-51-49-27-25-23-21-19-17-15-13-11-9-7-2/h8,10,14,16,20,22,26,28,30-31,33-34,36-37,39-40,42-43,45-46,48,50,54,56,65,67,72-73,77H,6-7,9,11-13,15,17-19,21,23-25,27,29,32,35,38,41,44,47,49,51-53,55,57-64,66,68-71H2,1-5H3,(H-,75,78,79,80)/p+1/b10-8-,16-14-,22-20-,28-26-,31-30-,34-33-,37-36-,40-39-,43-42-,46-45-,50-48-,56-54-,67-65+. The topological polar surface area (TPSA) is 105 Å². The Morgan fingerprint density at radius 2 is 0.723 bits per heavy atom. The summed E-state index contributed by atoms with van der Waals surface area (Å²) in [7, 11) is 1.54. The molecule has 472 valence electrons. The molecule has 0 saturated heterocycles. The highest BCUT2D eigenvalue weighted by atomic mass is 31.2. The van der Waals surface area contributed by atoms with E-state index in [-0.39, 0.29) is 19.1 Å². The molecule has 0 aromatic rings. The average molecular weight is 1170 g/mol. The molecule has 83 heavy (non-hydrogen) atoms. The van der Waals surface area contributed by atoms with Gasteiger partial charge in [0.25, 0.3) is 0 Å². The molecule has 0 aliphatic rings. The molecule has 3 atom stereocenters. The van der Waals surface area contributed by atoms with Gasteiger partial charge in [0.1, 0.15) is 13.2 Å². The highest BCUT2D eigenvalue weighted by Gasteiger charge is 2.27. The average Bonchev–Trinajstić information content (AvgIpc) is 3.49. The Morgan fingerprint density at radius 3 is 1.06 bits per heavy atom. The lowest BCUT2D eigenvalue weighted by Gasteiger charge is -2.25. The number of likely N-dealkylation sites (N-methyl/N-ethyl adjacent to an activating group) is 1. The van der Waals surface area contributed by atoms with E-state index in [0.717, 1.165) is 128 Å². The second-order valence-electron chi connectivity index (χ2n) is 23.1. The largest absolute Gasteiger partial charge is 0.472 e. The Balaban J connectivity index is 4.22. The molecular weight excluding hydrogens is 1040 g/mol. The predicted octanol–water partition coefficient (Wildman–Crippen LogP) is 21.4. The second-order valence-corrected chi connectivity index (χ2v) is 24.6. The first-order valence-electron chi connectivity index (χ1n) is 33.4. The Labute approximate surface area is 511 Å². The molecule has 0 rings (SSSR count). The monoisotopic (exact) mass is 1170 g/mol. The first kappa shape index (κ1) is 79.1. The van der Waals surface area contributed by atoms with E-state index in [1.54, 1.807) is 6.08 Å². The maximum atomic E-state index is 13.0. The SMILES string of the molecule is CC/C=C\C/C=C\C/C=C\C/C=C\C/C=C\C/C=C\C/C=C\C/C=C\C/C=C\C/C=C\C/C=C\C/C=C\CCCCCCC(=O)NC(COP(=O)(O)OCC[N+](C)(C)C)C(O)/C=C/CCCCCCCCCCCCCCCCCCCC. The molecule has 0 aliphatic carbocycles. The minimum atomic E-state index is -4.37. The number of hydrogen-bond donors (Lipinski definition) is 3. The molecule has 0 aliphatic heterocycles. The quantitative estimate of drug-likeness (QED) is 0.0243. The zero-order chi connectivity index (χ0) is 60.5. The Kier molecular flexibility index (Phi) is 59.7. The lowest BCUT2D eigenvalue weighted by atomic mass is 10.0. The number of nitrogens with zero attached hydrogens (tertiary/aromatic N) is 1. The number of aliphatic hydroxyl groups excluding tert-OH is 1. The van der Waals surface area contributed by atoms with Crippen LogP contribution in [0.5, 0.6) is 0 Å². The number of unbranched alkanes of at least 4 members (excludes halogenated alkanes) is 22. The van der Waals surface area contributed by atoms with Crippen molar-refractivity contribution in [3.05, 3.63) is 158 Å². The molecule has 0 aromatic carbocycles. The van der Waals surface area contributed by atoms with Gasteiger partial charge in [-0.3, -0.25) is 13.8 Å². The van der Waals surface area contributed by atoms with Crippen molar-refractivity contribution < 1.29 is 32.9 Å². The van der Waals surface area contributed by atoms with E-state index in [1.807, 2.05) is 27.2 Å². The van der Waals surface area contributed by atoms with Crippen molar-refractivity contribution in [1.29, 1.82) is 0 Å². The number of phosphoric ester groups is 1. The normalized spacial score (nSPS) is 14.7. The van der Waals surface area contributed by atoms with Crippen LogP contribution in [0.1, 0.15) is 251 Å². The van der Waals surface area contributed by atoms with Gasteiger partial charge in [0.05, 0.1) is 39.9 Å². The van der Waals surface area contributed by atoms with Crippen LogP contribution in [-0.4, -0.2) is 73.4 Å². The molecule has 0 bridgehead atoms. The smallest absolute Gasteiger partial charge is 0.387 e. The molecule has 3 N–H and O–H groups in total. The second kappa shape index (κ2) is 62.6. The van der Waals surface area contributed by atoms with E-state index in [9.17, 15) is 19.4 Å². The number of aliphatic hydroxyl groups is 1. The van der Waals surface area contributed by atoms with Gasteiger partial charge in [-0.05, 0) is 109 Å². The first-order chi connectivity index (χ1) is 40.5. The third kappa shape index (κ3) is 65.5. The van der Waals surface area contributed by atoms with Crippen LogP contribution in [0, 0.1) is 0 Å². The summed E-state index contributed by atoms with van der Waals surface area (Å²) in [6.07, 6.45) is 97.9. The van der Waals surface area contributed by atoms with Crippen LogP contribution in [0.4, 0.5) is 0 Å². The fourth-order valence-electron chi connectivity index (χ4n) is 8.85. The maximum Gasteiger partial charge on any atom is 0.472 e. The molecule has 0 aromatic heterocycles. The van der Waals surface area contributed by atoms with Crippen LogP contribution in [0.15, 0.2) is 158 Å². The number of hydrogen-bond acceptors (Lipinski definition) is 5. The molecule has 1 amide bonds. The molecule has 3 unspecified atom stereocenters. The summed E-state index contributed by atoms with van der Waals surface area (Å²) in [5.74, 6) is -0.206. The van der Waals surface area contributed by atoms with Gasteiger partial charge in [0.15, 0.2) is 0 Å². The summed E-state index contributed by atoms with van der Waals surface area (Å²) in [6, 6.07) is -0.873. The van der Waals surface area contributed by atoms with Crippen LogP contribution < -0.4 is 5.32 Å². The summed E-state index contributed by atoms with van der Waals surface area (Å²) in [5.41, 5.74) is 0. The Hall–Kier alpha value is -3.88. The molecule has 0 heterocycles. The molecule has 0 saturated carbocycles. The third-order valence-corrected chi connectivity index (χ3v) is 15.0. The van der Waals surface area contributed by atoms with Crippen LogP contribution in [0.2, 0.25) is 0 Å². The first-order valence-corrected chi connectivity index (χ1v) is 34.9. The maximum absolute atomic E-state index is 13.0. The van der Waals surface area contributed by atoms with Gasteiger partial charge in [0.2, 0.25) is 5.91 Å². The van der Waals surface area contributed by atoms with Crippen LogP contribution in [-0.2, 0) is 18.4 Å². The van der Waals surface area contributed by atoms with Crippen molar-refractivity contribution in [1.82, 2.24) is 5.32 Å². The van der Waals surface area contributed by atoms with Crippen molar-refractivity contribution in [2.24, 2.45) is 0 Å². The van der Waals surface area contributed by atoms with E-state index >= 15 is 0 Å². The van der Waals surface area contributed by atoms with Gasteiger partial charge in [-0.25, -0.2) is 4.57 Å². The van der Waals surface area contributed by atoms with Gasteiger partial charge in [-0.15, -0.1) is 0 Å². The van der Waals surface area contributed by atoms with E-state index in [4.69, 9.17) is 9.05 Å². The van der Waals surface area contributed by atoms with Gasteiger partial charge in [-0.2, -0.15) is 0 Å². The molecule has 8 nitrogen and oxygen atoms in total. The van der Waals surface area contributed by atoms with E-state index in [2.05, 4.69) is 165 Å². The number of phosphoric acid groups is 1.